The number of aldehydes is 1. The SMILES string of the molecule is CC12CCC3C(CCC4(O)CC(OC(=O)C(O)CO)CCC34C=O)C1(O)CCC2c1ccc(=O)oc1. The number of carbonyl (C=O) groups is 2. The molecule has 0 radical (unpaired) electrons. The number of aliphatic hydroxyl groups is 4. The molecular formula is C27H36O9. The van der Waals surface area contributed by atoms with Crippen LogP contribution in [0.25, 0.3) is 0 Å². The van der Waals surface area contributed by atoms with E-state index in [0.29, 0.717) is 44.9 Å². The molecule has 0 spiro atoms. The van der Waals surface area contributed by atoms with Crippen LogP contribution in [0, 0.1) is 22.7 Å². The summed E-state index contributed by atoms with van der Waals surface area (Å²) in [7, 11) is 0. The lowest BCUT2D eigenvalue weighted by Gasteiger charge is -2.65. The Morgan fingerprint density at radius 2 is 1.89 bits per heavy atom. The third-order valence-electron chi connectivity index (χ3n) is 10.6. The third-order valence-corrected chi connectivity index (χ3v) is 10.6. The summed E-state index contributed by atoms with van der Waals surface area (Å²) in [5.74, 6) is -1.29. The molecule has 1 aromatic rings. The lowest BCUT2D eigenvalue weighted by Crippen LogP contribution is -2.68. The van der Waals surface area contributed by atoms with E-state index in [4.69, 9.17) is 14.3 Å². The molecule has 5 rings (SSSR count). The summed E-state index contributed by atoms with van der Waals surface area (Å²) in [4.78, 5) is 36.3. The number of hydrogen-bond donors (Lipinski definition) is 4. The molecule has 0 saturated heterocycles. The Balaban J connectivity index is 1.42. The van der Waals surface area contributed by atoms with Gasteiger partial charge in [-0.2, -0.15) is 0 Å². The predicted molar refractivity (Wildman–Crippen MR) is 126 cm³/mol. The number of esters is 1. The van der Waals surface area contributed by atoms with Crippen molar-refractivity contribution in [2.75, 3.05) is 6.61 Å². The zero-order chi connectivity index (χ0) is 25.9. The van der Waals surface area contributed by atoms with Crippen LogP contribution in [0.4, 0.5) is 0 Å². The molecule has 0 aliphatic heterocycles. The van der Waals surface area contributed by atoms with E-state index >= 15 is 0 Å². The van der Waals surface area contributed by atoms with Crippen LogP contribution in [0.2, 0.25) is 0 Å². The standard InChI is InChI=1S/C27H36O9/c1-24-8-5-19-20(27(24,34)11-7-18(24)16-2-3-22(31)35-14-16)6-10-26(33)12-17(4-9-25(19,26)15-29)36-23(32)21(30)13-28/h2-3,14-15,17-21,28,30,33-34H,4-13H2,1H3. The van der Waals surface area contributed by atoms with Crippen LogP contribution < -0.4 is 5.63 Å². The Kier molecular flexibility index (Phi) is 6.22. The normalized spacial score (nSPS) is 44.6. The first kappa shape index (κ1) is 25.6. The molecule has 4 aliphatic rings. The Labute approximate surface area is 209 Å². The second-order valence-electron chi connectivity index (χ2n) is 11.8. The monoisotopic (exact) mass is 504 g/mol. The Bertz CT molecular complexity index is 1060. The van der Waals surface area contributed by atoms with Crippen LogP contribution in [-0.2, 0) is 14.3 Å². The van der Waals surface area contributed by atoms with Crippen LogP contribution in [0.3, 0.4) is 0 Å². The van der Waals surface area contributed by atoms with E-state index in [1.54, 1.807) is 6.07 Å². The summed E-state index contributed by atoms with van der Waals surface area (Å²) in [5, 5.41) is 42.7. The van der Waals surface area contributed by atoms with E-state index in [2.05, 4.69) is 6.92 Å². The van der Waals surface area contributed by atoms with Crippen LogP contribution in [0.1, 0.15) is 76.2 Å². The highest BCUT2D eigenvalue weighted by atomic mass is 16.6. The van der Waals surface area contributed by atoms with Crippen LogP contribution in [0.5, 0.6) is 0 Å². The van der Waals surface area contributed by atoms with E-state index in [9.17, 15) is 29.7 Å². The third kappa shape index (κ3) is 3.46. The molecule has 0 bridgehead atoms. The molecule has 9 heteroatoms. The first-order valence-corrected chi connectivity index (χ1v) is 13.0. The Morgan fingerprint density at radius 1 is 1.14 bits per heavy atom. The van der Waals surface area contributed by atoms with Crippen molar-refractivity contribution in [2.24, 2.45) is 22.7 Å². The molecule has 36 heavy (non-hydrogen) atoms. The predicted octanol–water partition coefficient (Wildman–Crippen LogP) is 1.44. The van der Waals surface area contributed by atoms with Gasteiger partial charge >= 0.3 is 11.6 Å². The fraction of sp³-hybridized carbons (Fsp3) is 0.741. The topological polar surface area (TPSA) is 154 Å². The van der Waals surface area contributed by atoms with Crippen molar-refractivity contribution in [1.29, 1.82) is 0 Å². The van der Waals surface area contributed by atoms with Gasteiger partial charge < -0.3 is 34.4 Å². The first-order chi connectivity index (χ1) is 17.0. The van der Waals surface area contributed by atoms with Crippen LogP contribution >= 0.6 is 0 Å². The van der Waals surface area contributed by atoms with Gasteiger partial charge in [-0.3, -0.25) is 0 Å². The van der Waals surface area contributed by atoms with Crippen molar-refractivity contribution in [2.45, 2.75) is 94.0 Å². The maximum Gasteiger partial charge on any atom is 0.337 e. The van der Waals surface area contributed by atoms with Gasteiger partial charge in [0.25, 0.3) is 0 Å². The molecule has 4 saturated carbocycles. The van der Waals surface area contributed by atoms with E-state index in [1.165, 1.54) is 12.3 Å². The van der Waals surface area contributed by atoms with E-state index < -0.39 is 52.4 Å². The zero-order valence-electron chi connectivity index (χ0n) is 20.6. The molecule has 1 heterocycles. The summed E-state index contributed by atoms with van der Waals surface area (Å²) in [6.45, 7) is 1.36. The summed E-state index contributed by atoms with van der Waals surface area (Å²) in [6.07, 6.45) is 4.35. The first-order valence-electron chi connectivity index (χ1n) is 13.0. The van der Waals surface area contributed by atoms with Gasteiger partial charge in [-0.05, 0) is 80.8 Å². The largest absolute Gasteiger partial charge is 0.460 e. The molecular weight excluding hydrogens is 468 g/mol. The minimum atomic E-state index is -1.63. The number of fused-ring (bicyclic) bond motifs is 5. The molecule has 0 amide bonds. The molecule has 1 aromatic heterocycles. The van der Waals surface area contributed by atoms with Gasteiger partial charge in [0.15, 0.2) is 6.10 Å². The van der Waals surface area contributed by atoms with Gasteiger partial charge in [-0.1, -0.05) is 6.92 Å². The van der Waals surface area contributed by atoms with Gasteiger partial charge in [0, 0.05) is 17.9 Å². The summed E-state index contributed by atoms with van der Waals surface area (Å²) < 4.78 is 10.5. The quantitative estimate of drug-likeness (QED) is 0.344. The van der Waals surface area contributed by atoms with Crippen molar-refractivity contribution >= 4 is 12.3 Å². The number of hydrogen-bond acceptors (Lipinski definition) is 9. The average Bonchev–Trinajstić information content (AvgIpc) is 3.14. The summed E-state index contributed by atoms with van der Waals surface area (Å²) in [5.41, 5.74) is -3.43. The smallest absolute Gasteiger partial charge is 0.337 e. The van der Waals surface area contributed by atoms with Gasteiger partial charge in [-0.25, -0.2) is 9.59 Å². The molecule has 9 unspecified atom stereocenters. The highest BCUT2D eigenvalue weighted by Gasteiger charge is 2.71. The number of carbonyl (C=O) groups excluding carboxylic acids is 2. The molecule has 9 atom stereocenters. The fourth-order valence-corrected chi connectivity index (χ4v) is 8.65. The highest BCUT2D eigenvalue weighted by Crippen LogP contribution is 2.71. The fourth-order valence-electron chi connectivity index (χ4n) is 8.65. The second-order valence-corrected chi connectivity index (χ2v) is 11.8. The van der Waals surface area contributed by atoms with Crippen molar-refractivity contribution in [3.8, 4) is 0 Å². The maximum atomic E-state index is 12.8. The average molecular weight is 505 g/mol. The van der Waals surface area contributed by atoms with Crippen molar-refractivity contribution < 1.29 is 39.2 Å². The minimum Gasteiger partial charge on any atom is -0.460 e. The number of rotatable bonds is 5. The molecule has 0 aromatic carbocycles. The van der Waals surface area contributed by atoms with Gasteiger partial charge in [-0.15, -0.1) is 0 Å². The molecule has 4 aliphatic carbocycles. The van der Waals surface area contributed by atoms with Gasteiger partial charge in [0.05, 0.1) is 29.5 Å². The minimum absolute atomic E-state index is 0.0221. The second kappa shape index (κ2) is 8.75. The summed E-state index contributed by atoms with van der Waals surface area (Å²) >= 11 is 0. The van der Waals surface area contributed by atoms with E-state index in [0.717, 1.165) is 18.3 Å². The summed E-state index contributed by atoms with van der Waals surface area (Å²) in [6, 6.07) is 3.19. The zero-order valence-corrected chi connectivity index (χ0v) is 20.6. The number of aliphatic hydroxyl groups excluding tert-OH is 2. The lowest BCUT2D eigenvalue weighted by atomic mass is 9.41. The molecule has 4 N–H and O–H groups in total. The van der Waals surface area contributed by atoms with Crippen molar-refractivity contribution in [3.63, 3.8) is 0 Å². The van der Waals surface area contributed by atoms with Crippen LogP contribution in [-0.4, -0.2) is 62.7 Å². The Hall–Kier alpha value is -2.07. The van der Waals surface area contributed by atoms with Crippen molar-refractivity contribution in [3.05, 3.63) is 34.4 Å². The maximum absolute atomic E-state index is 12.8. The molecule has 198 valence electrons. The highest BCUT2D eigenvalue weighted by molar-refractivity contribution is 5.74. The molecule has 9 nitrogen and oxygen atoms in total. The van der Waals surface area contributed by atoms with Gasteiger partial charge in [0.2, 0.25) is 0 Å². The Morgan fingerprint density at radius 3 is 2.56 bits per heavy atom. The lowest BCUT2D eigenvalue weighted by molar-refractivity contribution is -0.249. The van der Waals surface area contributed by atoms with Crippen molar-refractivity contribution in [1.82, 2.24) is 0 Å². The van der Waals surface area contributed by atoms with E-state index in [-0.39, 0.29) is 24.2 Å². The molecule has 4 fully saturated rings. The van der Waals surface area contributed by atoms with Crippen LogP contribution in [0.15, 0.2) is 27.6 Å². The van der Waals surface area contributed by atoms with E-state index in [1.807, 2.05) is 0 Å². The number of ether oxygens (including phenoxy) is 1. The van der Waals surface area contributed by atoms with Gasteiger partial charge in [0.1, 0.15) is 12.4 Å².